The van der Waals surface area contributed by atoms with Crippen molar-refractivity contribution < 1.29 is 9.18 Å². The van der Waals surface area contributed by atoms with Gasteiger partial charge in [-0.2, -0.15) is 10.2 Å². The highest BCUT2D eigenvalue weighted by Gasteiger charge is 2.12. The van der Waals surface area contributed by atoms with Gasteiger partial charge in [0, 0.05) is 35.9 Å². The van der Waals surface area contributed by atoms with E-state index in [0.717, 1.165) is 28.2 Å². The number of hydrogen-bond acceptors (Lipinski definition) is 6. The van der Waals surface area contributed by atoms with E-state index < -0.39 is 5.82 Å². The summed E-state index contributed by atoms with van der Waals surface area (Å²) in [6.07, 6.45) is 6.46. The van der Waals surface area contributed by atoms with Crippen LogP contribution in [0.2, 0.25) is 0 Å². The minimum Gasteiger partial charge on any atom is -0.382 e. The lowest BCUT2D eigenvalue weighted by molar-refractivity contribution is 0.0947. The normalized spacial score (nSPS) is 11.3. The van der Waals surface area contributed by atoms with Gasteiger partial charge < -0.3 is 11.1 Å². The number of halogens is 1. The molecular formula is C21H17FN8O. The van der Waals surface area contributed by atoms with Crippen LogP contribution in [0.1, 0.15) is 10.5 Å². The molecule has 9 nitrogen and oxygen atoms in total. The first-order valence-electron chi connectivity index (χ1n) is 9.55. The van der Waals surface area contributed by atoms with Crippen molar-refractivity contribution in [3.05, 3.63) is 72.7 Å². The Bertz CT molecular complexity index is 1390. The molecule has 154 valence electrons. The van der Waals surface area contributed by atoms with E-state index in [1.165, 1.54) is 12.1 Å². The van der Waals surface area contributed by atoms with Crippen molar-refractivity contribution in [2.45, 2.75) is 6.54 Å². The van der Waals surface area contributed by atoms with Gasteiger partial charge in [-0.05, 0) is 36.4 Å². The van der Waals surface area contributed by atoms with Crippen LogP contribution in [0.25, 0.3) is 27.5 Å². The van der Waals surface area contributed by atoms with Crippen molar-refractivity contribution in [2.75, 3.05) is 12.3 Å². The SMILES string of the molecule is Nc1nc2cc(-n3cccn3)ccc2c2cn(CCNC(=O)c3ccc(F)cn3)nc12. The summed E-state index contributed by atoms with van der Waals surface area (Å²) in [6.45, 7) is 0.745. The maximum atomic E-state index is 12.9. The number of nitrogens with one attached hydrogen (secondary N) is 1. The molecule has 5 rings (SSSR count). The van der Waals surface area contributed by atoms with Crippen LogP contribution in [0.15, 0.2) is 61.2 Å². The van der Waals surface area contributed by atoms with E-state index in [-0.39, 0.29) is 11.6 Å². The smallest absolute Gasteiger partial charge is 0.269 e. The van der Waals surface area contributed by atoms with Crippen molar-refractivity contribution in [2.24, 2.45) is 0 Å². The second kappa shape index (κ2) is 7.48. The average Bonchev–Trinajstić information content (AvgIpc) is 3.44. The zero-order valence-corrected chi connectivity index (χ0v) is 16.2. The quantitative estimate of drug-likeness (QED) is 0.454. The molecule has 5 aromatic rings. The molecule has 0 aliphatic heterocycles. The Morgan fingerprint density at radius 3 is 2.87 bits per heavy atom. The van der Waals surface area contributed by atoms with Gasteiger partial charge in [-0.3, -0.25) is 9.48 Å². The van der Waals surface area contributed by atoms with Crippen molar-refractivity contribution >= 4 is 33.5 Å². The van der Waals surface area contributed by atoms with Gasteiger partial charge in [0.1, 0.15) is 17.0 Å². The van der Waals surface area contributed by atoms with Crippen LogP contribution in [0.4, 0.5) is 10.2 Å². The first-order valence-corrected chi connectivity index (χ1v) is 9.55. The molecule has 10 heteroatoms. The Hall–Kier alpha value is -4.34. The molecule has 4 heterocycles. The standard InChI is InChI=1S/C21H17FN8O/c22-13-2-5-17(25-11-13)21(31)24-7-9-29-12-16-15-4-3-14(30-8-1-6-26-30)10-18(15)27-20(23)19(16)28-29/h1-6,8,10-12H,7,9H2,(H2,23,27)(H,24,31). The average molecular weight is 416 g/mol. The molecule has 0 fully saturated rings. The summed E-state index contributed by atoms with van der Waals surface area (Å²) in [5.41, 5.74) is 8.53. The van der Waals surface area contributed by atoms with Crippen molar-refractivity contribution in [3.63, 3.8) is 0 Å². The van der Waals surface area contributed by atoms with E-state index in [9.17, 15) is 9.18 Å². The molecule has 0 radical (unpaired) electrons. The zero-order chi connectivity index (χ0) is 21.4. The molecule has 0 atom stereocenters. The summed E-state index contributed by atoms with van der Waals surface area (Å²) in [5.74, 6) is -0.539. The Balaban J connectivity index is 1.37. The van der Waals surface area contributed by atoms with Crippen LogP contribution in [0, 0.1) is 5.82 Å². The molecule has 1 aromatic carbocycles. The van der Waals surface area contributed by atoms with Crippen LogP contribution in [0.5, 0.6) is 0 Å². The van der Waals surface area contributed by atoms with Crippen LogP contribution in [-0.2, 0) is 6.54 Å². The summed E-state index contributed by atoms with van der Waals surface area (Å²) in [4.78, 5) is 20.4. The summed E-state index contributed by atoms with van der Waals surface area (Å²) >= 11 is 0. The van der Waals surface area contributed by atoms with Crippen LogP contribution in [-0.4, -0.2) is 42.0 Å². The zero-order valence-electron chi connectivity index (χ0n) is 16.2. The fourth-order valence-corrected chi connectivity index (χ4v) is 3.39. The number of aromatic nitrogens is 6. The molecule has 0 bridgehead atoms. The Labute approximate surface area is 175 Å². The third kappa shape index (κ3) is 3.54. The lowest BCUT2D eigenvalue weighted by Crippen LogP contribution is -2.28. The minimum absolute atomic E-state index is 0.152. The van der Waals surface area contributed by atoms with Crippen LogP contribution in [0.3, 0.4) is 0 Å². The Kier molecular flexibility index (Phi) is 4.51. The molecule has 0 saturated carbocycles. The van der Waals surface area contributed by atoms with E-state index in [2.05, 4.69) is 25.5 Å². The highest BCUT2D eigenvalue weighted by atomic mass is 19.1. The molecule has 0 aliphatic carbocycles. The molecule has 0 unspecified atom stereocenters. The first kappa shape index (κ1) is 18.7. The van der Waals surface area contributed by atoms with Gasteiger partial charge in [-0.15, -0.1) is 0 Å². The molecule has 3 N–H and O–H groups in total. The number of fused-ring (bicyclic) bond motifs is 3. The number of nitrogens with zero attached hydrogens (tertiary/aromatic N) is 6. The number of pyridine rings is 2. The number of rotatable bonds is 5. The molecule has 0 saturated heterocycles. The van der Waals surface area contributed by atoms with Gasteiger partial charge in [0.25, 0.3) is 5.91 Å². The van der Waals surface area contributed by atoms with E-state index in [1.54, 1.807) is 15.6 Å². The van der Waals surface area contributed by atoms with Gasteiger partial charge in [-0.1, -0.05) is 0 Å². The Morgan fingerprint density at radius 2 is 2.10 bits per heavy atom. The summed E-state index contributed by atoms with van der Waals surface area (Å²) in [6, 6.07) is 10.2. The largest absolute Gasteiger partial charge is 0.382 e. The number of benzene rings is 1. The molecule has 1 amide bonds. The van der Waals surface area contributed by atoms with E-state index in [0.29, 0.717) is 24.4 Å². The van der Waals surface area contributed by atoms with Gasteiger partial charge in [-0.25, -0.2) is 19.0 Å². The molecule has 0 spiro atoms. The maximum absolute atomic E-state index is 12.9. The first-order chi connectivity index (χ1) is 15.1. The number of anilines is 1. The number of nitrogens with two attached hydrogens (primary N) is 1. The molecule has 31 heavy (non-hydrogen) atoms. The lowest BCUT2D eigenvalue weighted by Gasteiger charge is -2.05. The third-order valence-electron chi connectivity index (χ3n) is 4.87. The fourth-order valence-electron chi connectivity index (χ4n) is 3.39. The van der Waals surface area contributed by atoms with Crippen molar-refractivity contribution in [1.82, 2.24) is 34.8 Å². The Morgan fingerprint density at radius 1 is 1.19 bits per heavy atom. The summed E-state index contributed by atoms with van der Waals surface area (Å²) in [5, 5.41) is 13.3. The topological polar surface area (TPSA) is 117 Å². The molecule has 0 aliphatic rings. The predicted molar refractivity (Wildman–Crippen MR) is 113 cm³/mol. The van der Waals surface area contributed by atoms with Crippen LogP contribution >= 0.6 is 0 Å². The van der Waals surface area contributed by atoms with Gasteiger partial charge >= 0.3 is 0 Å². The molecule has 4 aromatic heterocycles. The van der Waals surface area contributed by atoms with E-state index in [1.807, 2.05) is 36.7 Å². The second-order valence-corrected chi connectivity index (χ2v) is 6.92. The van der Waals surface area contributed by atoms with Gasteiger partial charge in [0.05, 0.1) is 23.9 Å². The fraction of sp³-hybridized carbons (Fsp3) is 0.0952. The number of hydrogen-bond donors (Lipinski definition) is 2. The maximum Gasteiger partial charge on any atom is 0.269 e. The summed E-state index contributed by atoms with van der Waals surface area (Å²) < 4.78 is 16.4. The summed E-state index contributed by atoms with van der Waals surface area (Å²) in [7, 11) is 0. The number of amides is 1. The molecular weight excluding hydrogens is 399 g/mol. The van der Waals surface area contributed by atoms with Gasteiger partial charge in [0.2, 0.25) is 0 Å². The monoisotopic (exact) mass is 416 g/mol. The number of nitrogen functional groups attached to an aromatic ring is 1. The highest BCUT2D eigenvalue weighted by Crippen LogP contribution is 2.28. The van der Waals surface area contributed by atoms with E-state index >= 15 is 0 Å². The lowest BCUT2D eigenvalue weighted by atomic mass is 10.1. The second-order valence-electron chi connectivity index (χ2n) is 6.92. The number of carbonyl (C=O) groups is 1. The predicted octanol–water partition coefficient (Wildman–Crippen LogP) is 2.32. The minimum atomic E-state index is -0.491. The van der Waals surface area contributed by atoms with Crippen LogP contribution < -0.4 is 11.1 Å². The van der Waals surface area contributed by atoms with Crippen molar-refractivity contribution in [3.8, 4) is 5.69 Å². The van der Waals surface area contributed by atoms with Crippen molar-refractivity contribution in [1.29, 1.82) is 0 Å². The highest BCUT2D eigenvalue weighted by molar-refractivity contribution is 6.08. The number of carbonyl (C=O) groups excluding carboxylic acids is 1. The third-order valence-corrected chi connectivity index (χ3v) is 4.87. The van der Waals surface area contributed by atoms with E-state index in [4.69, 9.17) is 5.73 Å². The van der Waals surface area contributed by atoms with Gasteiger partial charge in [0.15, 0.2) is 5.82 Å².